The number of hydrogen-bond acceptors (Lipinski definition) is 8. The van der Waals surface area contributed by atoms with Gasteiger partial charge >= 0.3 is 0 Å². The number of fused-ring (bicyclic) bond motifs is 1. The van der Waals surface area contributed by atoms with E-state index in [9.17, 15) is 0 Å². The summed E-state index contributed by atoms with van der Waals surface area (Å²) in [5, 5.41) is 8.20. The number of hydrogen-bond donors (Lipinski definition) is 1. The second kappa shape index (κ2) is 5.04. The molecule has 0 aliphatic carbocycles. The molecule has 0 radical (unpaired) electrons. The predicted octanol–water partition coefficient (Wildman–Crippen LogP) is 3.60. The van der Waals surface area contributed by atoms with Crippen LogP contribution in [0.25, 0.3) is 10.2 Å². The van der Waals surface area contributed by atoms with Crippen LogP contribution in [0.5, 0.6) is 0 Å². The normalized spacial score (nSPS) is 11.2. The van der Waals surface area contributed by atoms with Crippen LogP contribution in [0.15, 0.2) is 31.2 Å². The first-order valence-electron chi connectivity index (χ1n) is 4.95. The first kappa shape index (κ1) is 12.2. The number of rotatable bonds is 3. The molecule has 18 heavy (non-hydrogen) atoms. The van der Waals surface area contributed by atoms with Crippen molar-refractivity contribution in [3.63, 3.8) is 0 Å². The molecule has 0 amide bonds. The summed E-state index contributed by atoms with van der Waals surface area (Å²) >= 11 is 6.31. The Kier molecular flexibility index (Phi) is 3.42. The Balaban J connectivity index is 1.96. The van der Waals surface area contributed by atoms with Crippen molar-refractivity contribution in [3.8, 4) is 0 Å². The van der Waals surface area contributed by atoms with E-state index in [0.717, 1.165) is 29.5 Å². The third kappa shape index (κ3) is 2.20. The Morgan fingerprint density at radius 3 is 2.83 bits per heavy atom. The summed E-state index contributed by atoms with van der Waals surface area (Å²) in [6.45, 7) is 0. The zero-order valence-electron chi connectivity index (χ0n) is 9.28. The fourth-order valence-electron chi connectivity index (χ4n) is 1.44. The lowest BCUT2D eigenvalue weighted by atomic mass is 10.3. The topological polar surface area (TPSA) is 64.7 Å². The average molecular weight is 312 g/mol. The highest BCUT2D eigenvalue weighted by Crippen LogP contribution is 2.38. The fourth-order valence-corrected chi connectivity index (χ4v) is 4.58. The summed E-state index contributed by atoms with van der Waals surface area (Å²) < 4.78 is 2.98. The maximum absolute atomic E-state index is 6.13. The molecule has 2 N–H and O–H groups in total. The highest BCUT2D eigenvalue weighted by atomic mass is 32.2. The second-order valence-electron chi connectivity index (χ2n) is 3.32. The molecule has 2 aromatic heterocycles. The Bertz CT molecular complexity index is 690. The molecule has 2 heterocycles. The standard InChI is InChI=1S/C10H8N4S4/c1-15-9-13-14-10(18-9)17-5-2-3-6-8(7(5)11)12-4-16-6/h2-4H,11H2,1H3. The number of benzene rings is 1. The van der Waals surface area contributed by atoms with Crippen molar-refractivity contribution < 1.29 is 0 Å². The Hall–Kier alpha value is -0.830. The third-order valence-corrected chi connectivity index (χ3v) is 6.08. The zero-order valence-corrected chi connectivity index (χ0v) is 12.6. The number of aromatic nitrogens is 3. The lowest BCUT2D eigenvalue weighted by Gasteiger charge is -2.02. The van der Waals surface area contributed by atoms with Gasteiger partial charge in [-0.05, 0) is 18.4 Å². The average Bonchev–Trinajstić information content (AvgIpc) is 3.01. The van der Waals surface area contributed by atoms with Crippen LogP contribution in [0, 0.1) is 0 Å². The minimum atomic E-state index is 0.722. The van der Waals surface area contributed by atoms with Crippen molar-refractivity contribution >= 4 is 62.1 Å². The van der Waals surface area contributed by atoms with Crippen molar-refractivity contribution in [1.29, 1.82) is 0 Å². The number of nitrogens with two attached hydrogens (primary N) is 1. The summed E-state index contributed by atoms with van der Waals surface area (Å²) in [6.07, 6.45) is 1.99. The number of nitrogens with zero attached hydrogens (tertiary/aromatic N) is 3. The molecular formula is C10H8N4S4. The van der Waals surface area contributed by atoms with Crippen molar-refractivity contribution in [2.24, 2.45) is 0 Å². The molecule has 0 fully saturated rings. The SMILES string of the molecule is CSc1nnc(Sc2ccc3scnc3c2N)s1. The lowest BCUT2D eigenvalue weighted by Crippen LogP contribution is -1.89. The van der Waals surface area contributed by atoms with Crippen molar-refractivity contribution in [2.45, 2.75) is 13.6 Å². The fraction of sp³-hybridized carbons (Fsp3) is 0.100. The highest BCUT2D eigenvalue weighted by molar-refractivity contribution is 8.03. The third-order valence-electron chi connectivity index (χ3n) is 2.26. The van der Waals surface area contributed by atoms with Crippen molar-refractivity contribution in [1.82, 2.24) is 15.2 Å². The summed E-state index contributed by atoms with van der Waals surface area (Å²) in [5.41, 5.74) is 9.53. The van der Waals surface area contributed by atoms with Gasteiger partial charge in [0.1, 0.15) is 5.52 Å². The van der Waals surface area contributed by atoms with Gasteiger partial charge < -0.3 is 5.73 Å². The minimum Gasteiger partial charge on any atom is -0.396 e. The van der Waals surface area contributed by atoms with E-state index in [4.69, 9.17) is 5.73 Å². The number of thioether (sulfide) groups is 1. The molecule has 0 unspecified atom stereocenters. The van der Waals surface area contributed by atoms with Crippen LogP contribution in [0.4, 0.5) is 5.69 Å². The zero-order chi connectivity index (χ0) is 12.5. The van der Waals surface area contributed by atoms with Crippen molar-refractivity contribution in [3.05, 3.63) is 17.6 Å². The molecule has 0 atom stereocenters. The van der Waals surface area contributed by atoms with Gasteiger partial charge in [-0.15, -0.1) is 21.5 Å². The smallest absolute Gasteiger partial charge is 0.179 e. The van der Waals surface area contributed by atoms with Gasteiger partial charge in [0.15, 0.2) is 8.68 Å². The lowest BCUT2D eigenvalue weighted by molar-refractivity contribution is 0.956. The van der Waals surface area contributed by atoms with E-state index >= 15 is 0 Å². The molecule has 0 saturated carbocycles. The van der Waals surface area contributed by atoms with E-state index in [1.54, 1.807) is 34.4 Å². The molecule has 3 aromatic rings. The van der Waals surface area contributed by atoms with E-state index < -0.39 is 0 Å². The molecule has 0 spiro atoms. The Morgan fingerprint density at radius 2 is 2.06 bits per heavy atom. The Labute approximate surface area is 120 Å². The van der Waals surface area contributed by atoms with Gasteiger partial charge in [0.25, 0.3) is 0 Å². The molecule has 8 heteroatoms. The van der Waals surface area contributed by atoms with E-state index in [1.165, 1.54) is 11.8 Å². The number of anilines is 1. The molecule has 92 valence electrons. The van der Waals surface area contributed by atoms with Gasteiger partial charge in [0, 0.05) is 4.90 Å². The van der Waals surface area contributed by atoms with Crippen molar-refractivity contribution in [2.75, 3.05) is 12.0 Å². The maximum atomic E-state index is 6.13. The van der Waals surface area contributed by atoms with Crippen LogP contribution in [-0.2, 0) is 0 Å². The van der Waals surface area contributed by atoms with Gasteiger partial charge in [0.2, 0.25) is 0 Å². The van der Waals surface area contributed by atoms with Crippen LogP contribution in [-0.4, -0.2) is 21.4 Å². The van der Waals surface area contributed by atoms with E-state index in [2.05, 4.69) is 15.2 Å². The molecule has 4 nitrogen and oxygen atoms in total. The van der Waals surface area contributed by atoms with E-state index in [1.807, 2.05) is 23.9 Å². The van der Waals surface area contributed by atoms with Gasteiger partial charge in [0.05, 0.1) is 15.9 Å². The molecular weight excluding hydrogens is 304 g/mol. The molecule has 3 rings (SSSR count). The predicted molar refractivity (Wildman–Crippen MR) is 79.8 cm³/mol. The maximum Gasteiger partial charge on any atom is 0.179 e. The molecule has 1 aromatic carbocycles. The monoisotopic (exact) mass is 312 g/mol. The van der Waals surface area contributed by atoms with Gasteiger partial charge in [-0.1, -0.05) is 34.9 Å². The van der Waals surface area contributed by atoms with Gasteiger partial charge in [-0.25, -0.2) is 4.98 Å². The van der Waals surface area contributed by atoms with Gasteiger partial charge in [-0.2, -0.15) is 0 Å². The van der Waals surface area contributed by atoms with Crippen LogP contribution in [0.3, 0.4) is 0 Å². The van der Waals surface area contributed by atoms with Gasteiger partial charge in [-0.3, -0.25) is 0 Å². The first-order chi connectivity index (χ1) is 8.78. The summed E-state index contributed by atoms with van der Waals surface area (Å²) in [6, 6.07) is 4.06. The molecule has 0 saturated heterocycles. The first-order valence-corrected chi connectivity index (χ1v) is 8.68. The largest absolute Gasteiger partial charge is 0.396 e. The highest BCUT2D eigenvalue weighted by Gasteiger charge is 2.11. The Morgan fingerprint density at radius 1 is 1.22 bits per heavy atom. The quantitative estimate of drug-likeness (QED) is 0.589. The molecule has 0 bridgehead atoms. The summed E-state index contributed by atoms with van der Waals surface area (Å²) in [5.74, 6) is 0. The van der Waals surface area contributed by atoms with E-state index in [0.29, 0.717) is 0 Å². The summed E-state index contributed by atoms with van der Waals surface area (Å²) in [4.78, 5) is 5.27. The van der Waals surface area contributed by atoms with Crippen LogP contribution >= 0.6 is 46.2 Å². The summed E-state index contributed by atoms with van der Waals surface area (Å²) in [7, 11) is 0. The second-order valence-corrected chi connectivity index (χ2v) is 7.52. The van der Waals surface area contributed by atoms with Crippen LogP contribution in [0.1, 0.15) is 0 Å². The number of thiazole rings is 1. The molecule has 0 aliphatic rings. The minimum absolute atomic E-state index is 0.722. The van der Waals surface area contributed by atoms with Crippen LogP contribution < -0.4 is 5.73 Å². The number of nitrogen functional groups attached to an aromatic ring is 1. The van der Waals surface area contributed by atoms with E-state index in [-0.39, 0.29) is 0 Å². The molecule has 0 aliphatic heterocycles. The van der Waals surface area contributed by atoms with Crippen LogP contribution in [0.2, 0.25) is 0 Å².